The second-order valence-corrected chi connectivity index (χ2v) is 9.32. The fourth-order valence-electron chi connectivity index (χ4n) is 4.27. The Morgan fingerprint density at radius 1 is 0.971 bits per heavy atom. The lowest BCUT2D eigenvalue weighted by atomic mass is 9.95. The molecule has 0 aliphatic carbocycles. The third-order valence-corrected chi connectivity index (χ3v) is 6.63. The smallest absolute Gasteiger partial charge is 0.245 e. The number of carbonyl (C=O) groups excluding carboxylic acids is 3. The summed E-state index contributed by atoms with van der Waals surface area (Å²) < 4.78 is 14.4. The van der Waals surface area contributed by atoms with Gasteiger partial charge in [0.25, 0.3) is 0 Å². The van der Waals surface area contributed by atoms with Crippen molar-refractivity contribution in [2.75, 3.05) is 13.6 Å². The van der Waals surface area contributed by atoms with E-state index in [1.165, 1.54) is 29.3 Å². The Balaban J connectivity index is 1.86. The fraction of sp³-hybridized carbons (Fsp3) is 0.444. The lowest BCUT2D eigenvalue weighted by Gasteiger charge is -2.31. The van der Waals surface area contributed by atoms with Crippen LogP contribution in [0.15, 0.2) is 54.6 Å². The summed E-state index contributed by atoms with van der Waals surface area (Å²) in [5.74, 6) is -0.733. The monoisotopic (exact) mass is 467 g/mol. The summed E-state index contributed by atoms with van der Waals surface area (Å²) in [6, 6.07) is 15.5. The number of alkyl halides is 1. The zero-order valence-electron chi connectivity index (χ0n) is 20.5. The van der Waals surface area contributed by atoms with E-state index in [1.807, 2.05) is 54.6 Å². The molecule has 0 radical (unpaired) electrons. The van der Waals surface area contributed by atoms with Gasteiger partial charge in [-0.25, -0.2) is 4.39 Å². The van der Waals surface area contributed by atoms with Gasteiger partial charge in [-0.05, 0) is 29.5 Å². The lowest BCUT2D eigenvalue weighted by molar-refractivity contribution is -0.146. The molecular formula is C27H34FN3O3. The molecule has 1 aliphatic heterocycles. The summed E-state index contributed by atoms with van der Waals surface area (Å²) in [6.45, 7) is 7.04. The van der Waals surface area contributed by atoms with Gasteiger partial charge in [0.1, 0.15) is 18.3 Å². The molecule has 0 aromatic heterocycles. The topological polar surface area (TPSA) is 69.7 Å². The van der Waals surface area contributed by atoms with E-state index in [0.29, 0.717) is 5.92 Å². The zero-order chi connectivity index (χ0) is 25.0. The predicted octanol–water partition coefficient (Wildman–Crippen LogP) is 3.82. The Kier molecular flexibility index (Phi) is 8.07. The summed E-state index contributed by atoms with van der Waals surface area (Å²) >= 11 is 0. The number of nitrogens with zero attached hydrogens (tertiary/aromatic N) is 2. The van der Waals surface area contributed by atoms with Crippen LogP contribution in [0.3, 0.4) is 0 Å². The third-order valence-electron chi connectivity index (χ3n) is 6.63. The first-order valence-electron chi connectivity index (χ1n) is 11.7. The van der Waals surface area contributed by atoms with E-state index in [2.05, 4.69) is 19.2 Å². The van der Waals surface area contributed by atoms with Gasteiger partial charge in [-0.15, -0.1) is 0 Å². The van der Waals surface area contributed by atoms with E-state index in [9.17, 15) is 18.8 Å². The van der Waals surface area contributed by atoms with Crippen LogP contribution < -0.4 is 5.32 Å². The molecule has 34 heavy (non-hydrogen) atoms. The molecule has 4 atom stereocenters. The lowest BCUT2D eigenvalue weighted by Crippen LogP contribution is -2.53. The number of halogens is 1. The average molecular weight is 468 g/mol. The van der Waals surface area contributed by atoms with Gasteiger partial charge in [-0.2, -0.15) is 0 Å². The minimum Gasteiger partial charge on any atom is -0.343 e. The molecule has 182 valence electrons. The van der Waals surface area contributed by atoms with Crippen LogP contribution in [0, 0.1) is 0 Å². The molecule has 0 saturated carbocycles. The van der Waals surface area contributed by atoms with Gasteiger partial charge in [0.2, 0.25) is 17.7 Å². The summed E-state index contributed by atoms with van der Waals surface area (Å²) in [7, 11) is 1.52. The number of likely N-dealkylation sites (N-methyl/N-ethyl adjacent to an activating group) is 1. The second kappa shape index (κ2) is 10.8. The molecule has 3 rings (SSSR count). The number of likely N-dealkylation sites (tertiary alicyclic amines) is 1. The second-order valence-electron chi connectivity index (χ2n) is 9.32. The summed E-state index contributed by atoms with van der Waals surface area (Å²) in [5, 5.41) is 3.06. The standard InChI is InChI=1S/C27H34FN3O3/c1-17(2)20-11-13-22(14-12-20)25(21-9-7-6-8-10-21)29-26(33)24-15-23(28)16-31(24)27(34)18(3)30(5)19(4)32/h6-14,17-18,23-25H,15-16H2,1-5H3,(H,29,33)/t18?,23-,24+,25+/m1/s1. The van der Waals surface area contributed by atoms with E-state index in [1.54, 1.807) is 6.92 Å². The molecule has 2 aromatic carbocycles. The number of rotatable bonds is 7. The van der Waals surface area contributed by atoms with Crippen LogP contribution in [0.1, 0.15) is 62.8 Å². The Labute approximate surface area is 201 Å². The minimum absolute atomic E-state index is 0.0676. The Morgan fingerprint density at radius 3 is 2.09 bits per heavy atom. The highest BCUT2D eigenvalue weighted by atomic mass is 19.1. The van der Waals surface area contributed by atoms with Crippen molar-refractivity contribution in [1.82, 2.24) is 15.1 Å². The first-order chi connectivity index (χ1) is 16.1. The van der Waals surface area contributed by atoms with Crippen molar-refractivity contribution in [3.05, 3.63) is 71.3 Å². The maximum absolute atomic E-state index is 14.4. The predicted molar refractivity (Wildman–Crippen MR) is 130 cm³/mol. The summed E-state index contributed by atoms with van der Waals surface area (Å²) in [4.78, 5) is 40.8. The number of benzene rings is 2. The van der Waals surface area contributed by atoms with Crippen molar-refractivity contribution in [1.29, 1.82) is 0 Å². The minimum atomic E-state index is -1.30. The summed E-state index contributed by atoms with van der Waals surface area (Å²) in [6.07, 6.45) is -1.36. The number of nitrogens with one attached hydrogen (secondary N) is 1. The van der Waals surface area contributed by atoms with Crippen molar-refractivity contribution in [2.45, 2.75) is 64.3 Å². The van der Waals surface area contributed by atoms with Crippen LogP contribution in [0.4, 0.5) is 4.39 Å². The molecule has 1 aliphatic rings. The molecular weight excluding hydrogens is 433 g/mol. The molecule has 7 heteroatoms. The van der Waals surface area contributed by atoms with Crippen molar-refractivity contribution in [2.24, 2.45) is 0 Å². The van der Waals surface area contributed by atoms with E-state index in [0.717, 1.165) is 11.1 Å². The van der Waals surface area contributed by atoms with Crippen LogP contribution in [0.25, 0.3) is 0 Å². The van der Waals surface area contributed by atoms with Gasteiger partial charge in [0.05, 0.1) is 12.6 Å². The Bertz CT molecular complexity index is 1010. The fourth-order valence-corrected chi connectivity index (χ4v) is 4.27. The maximum Gasteiger partial charge on any atom is 0.245 e. The Hall–Kier alpha value is -3.22. The van der Waals surface area contributed by atoms with Crippen molar-refractivity contribution < 1.29 is 18.8 Å². The highest BCUT2D eigenvalue weighted by Gasteiger charge is 2.42. The van der Waals surface area contributed by atoms with E-state index < -0.39 is 36.1 Å². The number of hydrogen-bond acceptors (Lipinski definition) is 3. The van der Waals surface area contributed by atoms with Crippen LogP contribution in [0.2, 0.25) is 0 Å². The molecule has 6 nitrogen and oxygen atoms in total. The van der Waals surface area contributed by atoms with Gasteiger partial charge >= 0.3 is 0 Å². The molecule has 2 aromatic rings. The van der Waals surface area contributed by atoms with Gasteiger partial charge in [0.15, 0.2) is 0 Å². The largest absolute Gasteiger partial charge is 0.343 e. The van der Waals surface area contributed by atoms with Crippen molar-refractivity contribution >= 4 is 17.7 Å². The van der Waals surface area contributed by atoms with E-state index in [4.69, 9.17) is 0 Å². The van der Waals surface area contributed by atoms with Crippen LogP contribution >= 0.6 is 0 Å². The van der Waals surface area contributed by atoms with E-state index in [-0.39, 0.29) is 18.9 Å². The summed E-state index contributed by atoms with van der Waals surface area (Å²) in [5.41, 5.74) is 2.99. The molecule has 1 heterocycles. The number of hydrogen-bond donors (Lipinski definition) is 1. The van der Waals surface area contributed by atoms with Gasteiger partial charge < -0.3 is 15.1 Å². The molecule has 0 spiro atoms. The third kappa shape index (κ3) is 5.64. The molecule has 1 saturated heterocycles. The first kappa shape index (κ1) is 25.4. The average Bonchev–Trinajstić information content (AvgIpc) is 3.23. The maximum atomic E-state index is 14.4. The van der Waals surface area contributed by atoms with Crippen LogP contribution in [0.5, 0.6) is 0 Å². The normalized spacial score (nSPS) is 19.6. The SMILES string of the molecule is CC(=O)N(C)C(C)C(=O)N1C[C@H](F)C[C@H]1C(=O)N[C@@H](c1ccccc1)c1ccc(C(C)C)cc1. The molecule has 3 amide bonds. The van der Waals surface area contributed by atoms with E-state index >= 15 is 0 Å². The molecule has 1 fully saturated rings. The molecule has 0 bridgehead atoms. The molecule has 1 N–H and O–H groups in total. The van der Waals surface area contributed by atoms with Gasteiger partial charge in [-0.3, -0.25) is 14.4 Å². The van der Waals surface area contributed by atoms with Gasteiger partial charge in [0, 0.05) is 20.4 Å². The number of amides is 3. The quantitative estimate of drug-likeness (QED) is 0.673. The van der Waals surface area contributed by atoms with Crippen LogP contribution in [-0.2, 0) is 14.4 Å². The van der Waals surface area contributed by atoms with Crippen LogP contribution in [-0.4, -0.2) is 59.4 Å². The van der Waals surface area contributed by atoms with Crippen molar-refractivity contribution in [3.8, 4) is 0 Å². The van der Waals surface area contributed by atoms with Gasteiger partial charge in [-0.1, -0.05) is 68.4 Å². The highest BCUT2D eigenvalue weighted by Crippen LogP contribution is 2.27. The molecule has 1 unspecified atom stereocenters. The number of carbonyl (C=O) groups is 3. The van der Waals surface area contributed by atoms with Crippen molar-refractivity contribution in [3.63, 3.8) is 0 Å². The Morgan fingerprint density at radius 2 is 1.53 bits per heavy atom. The first-order valence-corrected chi connectivity index (χ1v) is 11.7. The highest BCUT2D eigenvalue weighted by molar-refractivity contribution is 5.92. The zero-order valence-corrected chi connectivity index (χ0v) is 20.5.